The van der Waals surface area contributed by atoms with Gasteiger partial charge in [-0.3, -0.25) is 0 Å². The summed E-state index contributed by atoms with van der Waals surface area (Å²) in [7, 11) is 0. The lowest BCUT2D eigenvalue weighted by molar-refractivity contribution is 1.58. The van der Waals surface area contributed by atoms with Crippen LogP contribution in [0, 0.1) is 0 Å². The minimum absolute atomic E-state index is 1.27. The van der Waals surface area contributed by atoms with Crippen LogP contribution >= 0.6 is 0 Å². The number of hydrogen-bond acceptors (Lipinski definition) is 0. The fourth-order valence-electron chi connectivity index (χ4n) is 1.70. The van der Waals surface area contributed by atoms with E-state index in [1.54, 1.807) is 0 Å². The van der Waals surface area contributed by atoms with Crippen LogP contribution in [0.5, 0.6) is 0 Å². The highest BCUT2D eigenvalue weighted by Gasteiger charge is 1.99. The molecule has 0 saturated carbocycles. The molecular formula is C15H14. The van der Waals surface area contributed by atoms with Crippen LogP contribution in [0.2, 0.25) is 0 Å². The van der Waals surface area contributed by atoms with Crippen molar-refractivity contribution in [2.75, 3.05) is 0 Å². The van der Waals surface area contributed by atoms with E-state index in [1.165, 1.54) is 16.7 Å². The van der Waals surface area contributed by atoms with Crippen LogP contribution < -0.4 is 0 Å². The predicted molar refractivity (Wildman–Crippen MR) is 66.6 cm³/mol. The van der Waals surface area contributed by atoms with Crippen LogP contribution in [0.3, 0.4) is 0 Å². The topological polar surface area (TPSA) is 0 Å². The van der Waals surface area contributed by atoms with Gasteiger partial charge in [0.15, 0.2) is 0 Å². The van der Waals surface area contributed by atoms with Crippen LogP contribution in [0.25, 0.3) is 17.2 Å². The molecule has 0 nitrogen and oxygen atoms in total. The Kier molecular flexibility index (Phi) is 2.99. The monoisotopic (exact) mass is 194 g/mol. The van der Waals surface area contributed by atoms with E-state index < -0.39 is 0 Å². The summed E-state index contributed by atoms with van der Waals surface area (Å²) < 4.78 is 0. The van der Waals surface area contributed by atoms with Crippen molar-refractivity contribution in [3.63, 3.8) is 0 Å². The molecule has 0 saturated heterocycles. The van der Waals surface area contributed by atoms with Crippen molar-refractivity contribution >= 4 is 6.08 Å². The van der Waals surface area contributed by atoms with Gasteiger partial charge in [-0.1, -0.05) is 66.7 Å². The van der Waals surface area contributed by atoms with Crippen LogP contribution in [0.4, 0.5) is 0 Å². The second-order valence-electron chi connectivity index (χ2n) is 3.45. The summed E-state index contributed by atoms with van der Waals surface area (Å²) >= 11 is 0. The zero-order valence-corrected chi connectivity index (χ0v) is 8.85. The van der Waals surface area contributed by atoms with Crippen LogP contribution in [-0.2, 0) is 0 Å². The maximum absolute atomic E-state index is 2.16. The Bertz CT molecular complexity index is 452. The lowest BCUT2D eigenvalue weighted by atomic mass is 10.00. The molecule has 2 aromatic rings. The number of allylic oxidation sites excluding steroid dienone is 1. The molecule has 0 N–H and O–H groups in total. The molecule has 15 heavy (non-hydrogen) atoms. The summed E-state index contributed by atoms with van der Waals surface area (Å²) in [6.45, 7) is 2.04. The maximum atomic E-state index is 2.16. The highest BCUT2D eigenvalue weighted by molar-refractivity contribution is 5.74. The van der Waals surface area contributed by atoms with E-state index in [1.807, 2.05) is 13.0 Å². The molecule has 0 heterocycles. The molecule has 0 spiro atoms. The Morgan fingerprint density at radius 2 is 1.47 bits per heavy atom. The summed E-state index contributed by atoms with van der Waals surface area (Å²) in [6, 6.07) is 18.9. The fraction of sp³-hybridized carbons (Fsp3) is 0.0667. The van der Waals surface area contributed by atoms with E-state index in [-0.39, 0.29) is 0 Å². The summed E-state index contributed by atoms with van der Waals surface area (Å²) in [4.78, 5) is 0. The molecule has 0 unspecified atom stereocenters. The zero-order valence-electron chi connectivity index (χ0n) is 8.85. The quantitative estimate of drug-likeness (QED) is 0.665. The Morgan fingerprint density at radius 3 is 2.20 bits per heavy atom. The largest absolute Gasteiger partial charge is 0.0870 e. The molecule has 0 amide bonds. The molecule has 2 rings (SSSR count). The normalized spacial score (nSPS) is 10.7. The lowest BCUT2D eigenvalue weighted by Crippen LogP contribution is -1.81. The third kappa shape index (κ3) is 2.16. The van der Waals surface area contributed by atoms with Gasteiger partial charge in [-0.05, 0) is 23.6 Å². The molecule has 0 fully saturated rings. The highest BCUT2D eigenvalue weighted by Crippen LogP contribution is 2.24. The van der Waals surface area contributed by atoms with E-state index in [2.05, 4.69) is 60.7 Å². The number of rotatable bonds is 2. The molecular weight excluding hydrogens is 180 g/mol. The Morgan fingerprint density at radius 1 is 0.800 bits per heavy atom. The molecule has 0 aliphatic carbocycles. The molecule has 0 bridgehead atoms. The minimum Gasteiger partial charge on any atom is -0.0870 e. The van der Waals surface area contributed by atoms with E-state index in [4.69, 9.17) is 0 Å². The van der Waals surface area contributed by atoms with E-state index in [0.29, 0.717) is 0 Å². The van der Waals surface area contributed by atoms with Gasteiger partial charge in [0.05, 0.1) is 0 Å². The fourth-order valence-corrected chi connectivity index (χ4v) is 1.70. The van der Waals surface area contributed by atoms with Gasteiger partial charge >= 0.3 is 0 Å². The first-order valence-corrected chi connectivity index (χ1v) is 5.19. The Balaban J connectivity index is 2.53. The van der Waals surface area contributed by atoms with Crippen LogP contribution in [-0.4, -0.2) is 0 Å². The maximum Gasteiger partial charge on any atom is -0.0112 e. The van der Waals surface area contributed by atoms with Gasteiger partial charge < -0.3 is 0 Å². The molecule has 0 aliphatic rings. The number of hydrogen-bond donors (Lipinski definition) is 0. The van der Waals surface area contributed by atoms with Gasteiger partial charge in [-0.25, -0.2) is 0 Å². The average molecular weight is 194 g/mol. The first-order chi connectivity index (χ1) is 7.42. The standard InChI is InChI=1S/C15H14/c1-2-8-13-11-6-7-12-15(13)14-9-4-3-5-10-14/h2-12H,1H3/b8-2+. The molecule has 0 heteroatoms. The average Bonchev–Trinajstić information content (AvgIpc) is 2.31. The van der Waals surface area contributed by atoms with Gasteiger partial charge in [0.25, 0.3) is 0 Å². The van der Waals surface area contributed by atoms with Crippen molar-refractivity contribution in [3.05, 3.63) is 66.2 Å². The highest BCUT2D eigenvalue weighted by atomic mass is 14.0. The minimum atomic E-state index is 1.27. The van der Waals surface area contributed by atoms with Crippen molar-refractivity contribution in [3.8, 4) is 11.1 Å². The van der Waals surface area contributed by atoms with Crippen molar-refractivity contribution in [2.45, 2.75) is 6.92 Å². The second kappa shape index (κ2) is 4.61. The van der Waals surface area contributed by atoms with E-state index in [0.717, 1.165) is 0 Å². The predicted octanol–water partition coefficient (Wildman–Crippen LogP) is 4.39. The molecule has 0 aromatic heterocycles. The third-order valence-corrected chi connectivity index (χ3v) is 2.39. The Labute approximate surface area is 90.9 Å². The Hall–Kier alpha value is -1.82. The smallest absolute Gasteiger partial charge is 0.0112 e. The van der Waals surface area contributed by atoms with Crippen LogP contribution in [0.15, 0.2) is 60.7 Å². The van der Waals surface area contributed by atoms with Crippen LogP contribution in [0.1, 0.15) is 12.5 Å². The first-order valence-electron chi connectivity index (χ1n) is 5.19. The van der Waals surface area contributed by atoms with Gasteiger partial charge in [0.2, 0.25) is 0 Å². The zero-order chi connectivity index (χ0) is 10.5. The van der Waals surface area contributed by atoms with Gasteiger partial charge in [0, 0.05) is 0 Å². The lowest BCUT2D eigenvalue weighted by Gasteiger charge is -2.05. The van der Waals surface area contributed by atoms with Gasteiger partial charge in [-0.2, -0.15) is 0 Å². The van der Waals surface area contributed by atoms with Crippen molar-refractivity contribution in [2.24, 2.45) is 0 Å². The van der Waals surface area contributed by atoms with Crippen molar-refractivity contribution < 1.29 is 0 Å². The van der Waals surface area contributed by atoms with Crippen molar-refractivity contribution in [1.82, 2.24) is 0 Å². The number of benzene rings is 2. The second-order valence-corrected chi connectivity index (χ2v) is 3.45. The summed E-state index contributed by atoms with van der Waals surface area (Å²) in [5.74, 6) is 0. The SMILES string of the molecule is C/C=C/c1ccccc1-c1ccccc1. The third-order valence-electron chi connectivity index (χ3n) is 2.39. The molecule has 0 aliphatic heterocycles. The summed E-state index contributed by atoms with van der Waals surface area (Å²) in [5, 5.41) is 0. The van der Waals surface area contributed by atoms with Gasteiger partial charge in [-0.15, -0.1) is 0 Å². The molecule has 2 aromatic carbocycles. The summed E-state index contributed by atoms with van der Waals surface area (Å²) in [5.41, 5.74) is 3.83. The van der Waals surface area contributed by atoms with E-state index >= 15 is 0 Å². The molecule has 0 atom stereocenters. The molecule has 0 radical (unpaired) electrons. The molecule has 74 valence electrons. The first kappa shape index (κ1) is 9.72. The van der Waals surface area contributed by atoms with Gasteiger partial charge in [0.1, 0.15) is 0 Å². The van der Waals surface area contributed by atoms with E-state index in [9.17, 15) is 0 Å². The summed E-state index contributed by atoms with van der Waals surface area (Å²) in [6.07, 6.45) is 4.21. The van der Waals surface area contributed by atoms with Crippen molar-refractivity contribution in [1.29, 1.82) is 0 Å².